The van der Waals surface area contributed by atoms with Crippen molar-refractivity contribution in [3.05, 3.63) is 53.1 Å². The van der Waals surface area contributed by atoms with Crippen molar-refractivity contribution in [3.8, 4) is 11.8 Å². The molecule has 0 amide bonds. The average molecular weight is 323 g/mol. The van der Waals surface area contributed by atoms with Gasteiger partial charge in [0.15, 0.2) is 0 Å². The Morgan fingerprint density at radius 3 is 2.62 bits per heavy atom. The molecule has 2 rings (SSSR count). The van der Waals surface area contributed by atoms with Crippen LogP contribution in [0.15, 0.2) is 47.4 Å². The van der Waals surface area contributed by atoms with Crippen LogP contribution in [-0.4, -0.2) is 15.5 Å². The van der Waals surface area contributed by atoms with Crippen molar-refractivity contribution in [3.63, 3.8) is 0 Å². The van der Waals surface area contributed by atoms with Crippen LogP contribution in [-0.2, 0) is 10.0 Å². The molecule has 0 atom stereocenters. The van der Waals surface area contributed by atoms with Crippen molar-refractivity contribution in [2.75, 3.05) is 11.8 Å². The van der Waals surface area contributed by atoms with Crippen LogP contribution in [0.25, 0.3) is 0 Å². The van der Waals surface area contributed by atoms with E-state index in [-0.39, 0.29) is 9.92 Å². The predicted octanol–water partition coefficient (Wildman–Crippen LogP) is 3.02. The van der Waals surface area contributed by atoms with E-state index in [0.717, 1.165) is 0 Å². The SMILES string of the molecule is COc1cccc(NS(=O)(=O)c2ccc(C#N)cc2Cl)c1. The van der Waals surface area contributed by atoms with E-state index in [1.807, 2.05) is 6.07 Å². The molecular weight excluding hydrogens is 312 g/mol. The third kappa shape index (κ3) is 3.45. The maximum Gasteiger partial charge on any atom is 0.263 e. The van der Waals surface area contributed by atoms with Gasteiger partial charge in [0.1, 0.15) is 10.6 Å². The van der Waals surface area contributed by atoms with Crippen LogP contribution in [0.5, 0.6) is 5.75 Å². The summed E-state index contributed by atoms with van der Waals surface area (Å²) in [6, 6.07) is 12.4. The number of rotatable bonds is 4. The van der Waals surface area contributed by atoms with Gasteiger partial charge in [-0.05, 0) is 30.3 Å². The second kappa shape index (κ2) is 6.04. The lowest BCUT2D eigenvalue weighted by Crippen LogP contribution is -2.13. The number of benzene rings is 2. The van der Waals surface area contributed by atoms with Crippen LogP contribution in [0.4, 0.5) is 5.69 Å². The molecule has 0 aromatic heterocycles. The molecule has 108 valence electrons. The fourth-order valence-corrected chi connectivity index (χ4v) is 3.28. The molecule has 7 heteroatoms. The number of nitrogens with zero attached hydrogens (tertiary/aromatic N) is 1. The number of halogens is 1. The highest BCUT2D eigenvalue weighted by Crippen LogP contribution is 2.26. The Morgan fingerprint density at radius 2 is 2.00 bits per heavy atom. The van der Waals surface area contributed by atoms with Crippen molar-refractivity contribution >= 4 is 27.3 Å². The third-order valence-electron chi connectivity index (χ3n) is 2.67. The van der Waals surface area contributed by atoms with Crippen LogP contribution in [0.1, 0.15) is 5.56 Å². The van der Waals surface area contributed by atoms with Crippen molar-refractivity contribution in [2.24, 2.45) is 0 Å². The van der Waals surface area contributed by atoms with Gasteiger partial charge in [0.05, 0.1) is 29.5 Å². The first-order valence-electron chi connectivity index (χ1n) is 5.83. The van der Waals surface area contributed by atoms with Crippen molar-refractivity contribution in [2.45, 2.75) is 4.90 Å². The minimum Gasteiger partial charge on any atom is -0.497 e. The number of methoxy groups -OCH3 is 1. The Morgan fingerprint density at radius 1 is 1.24 bits per heavy atom. The standard InChI is InChI=1S/C14H11ClN2O3S/c1-20-12-4-2-3-11(8-12)17-21(18,19)14-6-5-10(9-16)7-13(14)15/h2-8,17H,1H3. The van der Waals surface area contributed by atoms with E-state index in [1.54, 1.807) is 24.3 Å². The monoisotopic (exact) mass is 322 g/mol. The molecule has 0 saturated heterocycles. The minimum atomic E-state index is -3.84. The lowest BCUT2D eigenvalue weighted by molar-refractivity contribution is 0.415. The second-order valence-corrected chi connectivity index (χ2v) is 6.15. The van der Waals surface area contributed by atoms with Gasteiger partial charge in [-0.25, -0.2) is 8.42 Å². The first-order chi connectivity index (χ1) is 9.96. The topological polar surface area (TPSA) is 79.2 Å². The number of sulfonamides is 1. The van der Waals surface area contributed by atoms with Gasteiger partial charge in [-0.2, -0.15) is 5.26 Å². The summed E-state index contributed by atoms with van der Waals surface area (Å²) in [5.41, 5.74) is 0.648. The molecule has 0 radical (unpaired) electrons. The van der Waals surface area contributed by atoms with E-state index in [1.165, 1.54) is 25.3 Å². The van der Waals surface area contributed by atoms with E-state index < -0.39 is 10.0 Å². The normalized spacial score (nSPS) is 10.7. The van der Waals surface area contributed by atoms with Crippen molar-refractivity contribution < 1.29 is 13.2 Å². The number of nitriles is 1. The number of anilines is 1. The number of hydrogen-bond acceptors (Lipinski definition) is 4. The molecule has 5 nitrogen and oxygen atoms in total. The Kier molecular flexibility index (Phi) is 4.36. The Hall–Kier alpha value is -2.23. The van der Waals surface area contributed by atoms with E-state index in [4.69, 9.17) is 21.6 Å². The molecule has 0 heterocycles. The predicted molar refractivity (Wildman–Crippen MR) is 80.0 cm³/mol. The Labute approximate surface area is 127 Å². The van der Waals surface area contributed by atoms with E-state index in [2.05, 4.69) is 4.72 Å². The van der Waals surface area contributed by atoms with Gasteiger partial charge >= 0.3 is 0 Å². The van der Waals surface area contributed by atoms with Crippen molar-refractivity contribution in [1.29, 1.82) is 5.26 Å². The molecular formula is C14H11ClN2O3S. The summed E-state index contributed by atoms with van der Waals surface area (Å²) in [5.74, 6) is 0.529. The van der Waals surface area contributed by atoms with Gasteiger partial charge in [0, 0.05) is 6.07 Å². The van der Waals surface area contributed by atoms with Crippen LogP contribution < -0.4 is 9.46 Å². The largest absolute Gasteiger partial charge is 0.497 e. The van der Waals surface area contributed by atoms with E-state index in [9.17, 15) is 8.42 Å². The maximum absolute atomic E-state index is 12.3. The second-order valence-electron chi connectivity index (χ2n) is 4.09. The van der Waals surface area contributed by atoms with Crippen LogP contribution in [0.2, 0.25) is 5.02 Å². The molecule has 1 N–H and O–H groups in total. The summed E-state index contributed by atoms with van der Waals surface area (Å²) in [6.07, 6.45) is 0. The summed E-state index contributed by atoms with van der Waals surface area (Å²) < 4.78 is 32.0. The summed E-state index contributed by atoms with van der Waals surface area (Å²) in [4.78, 5) is -0.0917. The number of nitrogens with one attached hydrogen (secondary N) is 1. The highest BCUT2D eigenvalue weighted by atomic mass is 35.5. The molecule has 0 fully saturated rings. The third-order valence-corrected chi connectivity index (χ3v) is 4.54. The van der Waals surface area contributed by atoms with E-state index >= 15 is 0 Å². The van der Waals surface area contributed by atoms with Crippen LogP contribution >= 0.6 is 11.6 Å². The quantitative estimate of drug-likeness (QED) is 0.938. The lowest BCUT2D eigenvalue weighted by atomic mass is 10.2. The average Bonchev–Trinajstić information content (AvgIpc) is 2.46. The molecule has 21 heavy (non-hydrogen) atoms. The molecule has 0 saturated carbocycles. The Bertz CT molecular complexity index is 813. The summed E-state index contributed by atoms with van der Waals surface area (Å²) in [7, 11) is -2.35. The van der Waals surface area contributed by atoms with Gasteiger partial charge in [-0.3, -0.25) is 4.72 Å². The van der Waals surface area contributed by atoms with Gasteiger partial charge in [0.2, 0.25) is 0 Å². The summed E-state index contributed by atoms with van der Waals surface area (Å²) in [5, 5.41) is 8.75. The molecule has 2 aromatic rings. The Balaban J connectivity index is 2.36. The number of ether oxygens (including phenoxy) is 1. The minimum absolute atomic E-state index is 0.00977. The molecule has 2 aromatic carbocycles. The van der Waals surface area contributed by atoms with Crippen LogP contribution in [0, 0.1) is 11.3 Å². The maximum atomic E-state index is 12.3. The highest BCUT2D eigenvalue weighted by molar-refractivity contribution is 7.92. The molecule has 0 aliphatic carbocycles. The fraction of sp³-hybridized carbons (Fsp3) is 0.0714. The van der Waals surface area contributed by atoms with Gasteiger partial charge in [-0.1, -0.05) is 17.7 Å². The first kappa shape index (κ1) is 15.2. The summed E-state index contributed by atoms with van der Waals surface area (Å²) in [6.45, 7) is 0. The molecule has 0 aliphatic rings. The molecule has 0 aliphatic heterocycles. The van der Waals surface area contributed by atoms with Crippen molar-refractivity contribution in [1.82, 2.24) is 0 Å². The smallest absolute Gasteiger partial charge is 0.263 e. The van der Waals surface area contributed by atoms with Gasteiger partial charge < -0.3 is 4.74 Å². The first-order valence-corrected chi connectivity index (χ1v) is 7.69. The summed E-state index contributed by atoms with van der Waals surface area (Å²) >= 11 is 5.92. The van der Waals surface area contributed by atoms with Crippen LogP contribution in [0.3, 0.4) is 0 Å². The zero-order chi connectivity index (χ0) is 15.5. The zero-order valence-electron chi connectivity index (χ0n) is 11.0. The van der Waals surface area contributed by atoms with E-state index in [0.29, 0.717) is 17.0 Å². The molecule has 0 bridgehead atoms. The van der Waals surface area contributed by atoms with Gasteiger partial charge in [0.25, 0.3) is 10.0 Å². The lowest BCUT2D eigenvalue weighted by Gasteiger charge is -2.10. The molecule has 0 spiro atoms. The van der Waals surface area contributed by atoms with Gasteiger partial charge in [-0.15, -0.1) is 0 Å². The fourth-order valence-electron chi connectivity index (χ4n) is 1.69. The molecule has 0 unspecified atom stereocenters. The zero-order valence-corrected chi connectivity index (χ0v) is 12.6. The number of hydrogen-bond donors (Lipinski definition) is 1. The highest BCUT2D eigenvalue weighted by Gasteiger charge is 2.18.